The van der Waals surface area contributed by atoms with Gasteiger partial charge in [-0.3, -0.25) is 4.79 Å². The lowest BCUT2D eigenvalue weighted by Crippen LogP contribution is -2.49. The standard InChI is InChI=1S/C20H20FN5O2/c21-15-3-5-16(6-4-15)25-9-11-26(12-10-25)20(27)18-7-8-19(24-23-18)22-14-17-2-1-13-28-17/h1-8,13H,9-12,14H2,(H,22,24). The number of hydrogen-bond donors (Lipinski definition) is 1. The van der Waals surface area contributed by atoms with Crippen molar-refractivity contribution in [1.82, 2.24) is 15.1 Å². The van der Waals surface area contributed by atoms with Gasteiger partial charge in [-0.2, -0.15) is 0 Å². The van der Waals surface area contributed by atoms with Crippen LogP contribution in [-0.4, -0.2) is 47.2 Å². The fraction of sp³-hybridized carbons (Fsp3) is 0.250. The summed E-state index contributed by atoms with van der Waals surface area (Å²) in [7, 11) is 0. The molecule has 144 valence electrons. The molecule has 4 rings (SSSR count). The normalized spacial score (nSPS) is 14.2. The lowest BCUT2D eigenvalue weighted by molar-refractivity contribution is 0.0739. The maximum absolute atomic E-state index is 13.1. The number of carbonyl (C=O) groups excluding carboxylic acids is 1. The first-order valence-corrected chi connectivity index (χ1v) is 9.09. The van der Waals surface area contributed by atoms with Crippen molar-refractivity contribution in [3.8, 4) is 0 Å². The van der Waals surface area contributed by atoms with E-state index in [1.165, 1.54) is 12.1 Å². The quantitative estimate of drug-likeness (QED) is 0.733. The lowest BCUT2D eigenvalue weighted by Gasteiger charge is -2.35. The molecule has 1 N–H and O–H groups in total. The highest BCUT2D eigenvalue weighted by Gasteiger charge is 2.23. The number of rotatable bonds is 5. The van der Waals surface area contributed by atoms with E-state index >= 15 is 0 Å². The number of piperazine rings is 1. The van der Waals surface area contributed by atoms with Gasteiger partial charge in [-0.05, 0) is 48.5 Å². The van der Waals surface area contributed by atoms with Crippen LogP contribution in [0.2, 0.25) is 0 Å². The average Bonchev–Trinajstić information content (AvgIpc) is 3.27. The van der Waals surface area contributed by atoms with E-state index in [0.29, 0.717) is 44.2 Å². The molecule has 1 aliphatic heterocycles. The molecule has 0 bridgehead atoms. The molecule has 28 heavy (non-hydrogen) atoms. The summed E-state index contributed by atoms with van der Waals surface area (Å²) in [6.07, 6.45) is 1.61. The fourth-order valence-corrected chi connectivity index (χ4v) is 3.11. The molecular weight excluding hydrogens is 361 g/mol. The van der Waals surface area contributed by atoms with Gasteiger partial charge < -0.3 is 19.5 Å². The van der Waals surface area contributed by atoms with Gasteiger partial charge in [-0.15, -0.1) is 10.2 Å². The van der Waals surface area contributed by atoms with Crippen LogP contribution in [0, 0.1) is 5.82 Å². The number of furan rings is 1. The molecule has 1 amide bonds. The minimum atomic E-state index is -0.252. The molecule has 0 spiro atoms. The molecule has 3 heterocycles. The van der Waals surface area contributed by atoms with Crippen LogP contribution in [0.3, 0.4) is 0 Å². The van der Waals surface area contributed by atoms with Gasteiger partial charge in [0.05, 0.1) is 12.8 Å². The van der Waals surface area contributed by atoms with E-state index in [1.807, 2.05) is 12.1 Å². The molecule has 3 aromatic rings. The topological polar surface area (TPSA) is 74.5 Å². The van der Waals surface area contributed by atoms with Crippen molar-refractivity contribution in [2.24, 2.45) is 0 Å². The van der Waals surface area contributed by atoms with Crippen LogP contribution in [0.5, 0.6) is 0 Å². The van der Waals surface area contributed by atoms with E-state index in [2.05, 4.69) is 20.4 Å². The number of amides is 1. The maximum Gasteiger partial charge on any atom is 0.274 e. The third-order valence-corrected chi connectivity index (χ3v) is 4.67. The third kappa shape index (κ3) is 4.11. The fourth-order valence-electron chi connectivity index (χ4n) is 3.11. The van der Waals surface area contributed by atoms with Crippen LogP contribution >= 0.6 is 0 Å². The first-order chi connectivity index (χ1) is 13.7. The van der Waals surface area contributed by atoms with Gasteiger partial charge in [0.1, 0.15) is 17.4 Å². The van der Waals surface area contributed by atoms with Crippen LogP contribution in [0.15, 0.2) is 59.2 Å². The monoisotopic (exact) mass is 381 g/mol. The lowest BCUT2D eigenvalue weighted by atomic mass is 10.2. The van der Waals surface area contributed by atoms with E-state index in [9.17, 15) is 9.18 Å². The Bertz CT molecular complexity index is 905. The highest BCUT2D eigenvalue weighted by atomic mass is 19.1. The summed E-state index contributed by atoms with van der Waals surface area (Å²) in [5.41, 5.74) is 1.28. The second kappa shape index (κ2) is 8.08. The number of anilines is 2. The predicted molar refractivity (Wildman–Crippen MR) is 103 cm³/mol. The number of nitrogens with zero attached hydrogens (tertiary/aromatic N) is 4. The van der Waals surface area contributed by atoms with Gasteiger partial charge in [0.2, 0.25) is 0 Å². The summed E-state index contributed by atoms with van der Waals surface area (Å²) in [4.78, 5) is 16.6. The zero-order valence-electron chi connectivity index (χ0n) is 15.2. The molecule has 0 radical (unpaired) electrons. The van der Waals surface area contributed by atoms with E-state index in [1.54, 1.807) is 35.4 Å². The van der Waals surface area contributed by atoms with E-state index in [-0.39, 0.29) is 11.7 Å². The van der Waals surface area contributed by atoms with Crippen LogP contribution < -0.4 is 10.2 Å². The highest BCUT2D eigenvalue weighted by molar-refractivity contribution is 5.92. The number of hydrogen-bond acceptors (Lipinski definition) is 6. The van der Waals surface area contributed by atoms with Gasteiger partial charge >= 0.3 is 0 Å². The van der Waals surface area contributed by atoms with E-state index < -0.39 is 0 Å². The van der Waals surface area contributed by atoms with Crippen LogP contribution in [0.1, 0.15) is 16.2 Å². The van der Waals surface area contributed by atoms with Crippen LogP contribution in [-0.2, 0) is 6.54 Å². The van der Waals surface area contributed by atoms with Crippen LogP contribution in [0.25, 0.3) is 0 Å². The van der Waals surface area contributed by atoms with Crippen molar-refractivity contribution in [2.75, 3.05) is 36.4 Å². The van der Waals surface area contributed by atoms with Gasteiger partial charge in [0, 0.05) is 31.9 Å². The first kappa shape index (κ1) is 18.0. The first-order valence-electron chi connectivity index (χ1n) is 9.09. The summed E-state index contributed by atoms with van der Waals surface area (Å²) in [5.74, 6) is 0.983. The zero-order valence-corrected chi connectivity index (χ0v) is 15.2. The Morgan fingerprint density at radius 2 is 1.82 bits per heavy atom. The number of halogens is 1. The molecule has 1 aromatic carbocycles. The van der Waals surface area contributed by atoms with Crippen molar-refractivity contribution in [3.05, 3.63) is 72.1 Å². The molecule has 2 aromatic heterocycles. The molecule has 0 unspecified atom stereocenters. The van der Waals surface area contributed by atoms with E-state index in [0.717, 1.165) is 11.4 Å². The average molecular weight is 381 g/mol. The van der Waals surface area contributed by atoms with Crippen molar-refractivity contribution in [2.45, 2.75) is 6.54 Å². The Balaban J connectivity index is 1.31. The largest absolute Gasteiger partial charge is 0.467 e. The summed E-state index contributed by atoms with van der Waals surface area (Å²) in [6.45, 7) is 3.04. The van der Waals surface area contributed by atoms with Crippen LogP contribution in [0.4, 0.5) is 15.9 Å². The summed E-state index contributed by atoms with van der Waals surface area (Å²) in [5, 5.41) is 11.2. The number of nitrogens with one attached hydrogen (secondary N) is 1. The second-order valence-corrected chi connectivity index (χ2v) is 6.49. The molecular formula is C20H20FN5O2. The smallest absolute Gasteiger partial charge is 0.274 e. The summed E-state index contributed by atoms with van der Waals surface area (Å²) >= 11 is 0. The maximum atomic E-state index is 13.1. The van der Waals surface area contributed by atoms with Crippen molar-refractivity contribution >= 4 is 17.4 Å². The number of benzene rings is 1. The van der Waals surface area contributed by atoms with Gasteiger partial charge in [0.25, 0.3) is 5.91 Å². The Hall–Kier alpha value is -3.42. The van der Waals surface area contributed by atoms with Gasteiger partial charge in [0.15, 0.2) is 5.69 Å². The molecule has 8 heteroatoms. The minimum Gasteiger partial charge on any atom is -0.467 e. The van der Waals surface area contributed by atoms with Gasteiger partial charge in [-0.1, -0.05) is 0 Å². The Morgan fingerprint density at radius 3 is 2.46 bits per heavy atom. The predicted octanol–water partition coefficient (Wildman–Crippen LogP) is 2.78. The molecule has 0 saturated carbocycles. The molecule has 1 aliphatic rings. The molecule has 7 nitrogen and oxygen atoms in total. The Labute approximate surface area is 161 Å². The highest BCUT2D eigenvalue weighted by Crippen LogP contribution is 2.18. The Kier molecular flexibility index (Phi) is 5.18. The minimum absolute atomic E-state index is 0.135. The van der Waals surface area contributed by atoms with Crippen molar-refractivity contribution in [1.29, 1.82) is 0 Å². The third-order valence-electron chi connectivity index (χ3n) is 4.67. The second-order valence-electron chi connectivity index (χ2n) is 6.49. The molecule has 1 fully saturated rings. The van der Waals surface area contributed by atoms with E-state index in [4.69, 9.17) is 4.42 Å². The zero-order chi connectivity index (χ0) is 19.3. The summed E-state index contributed by atoms with van der Waals surface area (Å²) < 4.78 is 18.3. The molecule has 1 saturated heterocycles. The van der Waals surface area contributed by atoms with Gasteiger partial charge in [-0.25, -0.2) is 4.39 Å². The number of carbonyl (C=O) groups is 1. The molecule has 0 atom stereocenters. The molecule has 0 aliphatic carbocycles. The van der Waals surface area contributed by atoms with Crippen molar-refractivity contribution in [3.63, 3.8) is 0 Å². The summed E-state index contributed by atoms with van der Waals surface area (Å²) in [6, 6.07) is 13.5. The number of aromatic nitrogens is 2. The Morgan fingerprint density at radius 1 is 1.04 bits per heavy atom. The SMILES string of the molecule is O=C(c1ccc(NCc2ccco2)nn1)N1CCN(c2ccc(F)cc2)CC1. The van der Waals surface area contributed by atoms with Crippen molar-refractivity contribution < 1.29 is 13.6 Å².